The van der Waals surface area contributed by atoms with E-state index in [0.29, 0.717) is 5.69 Å². The first kappa shape index (κ1) is 16.0. The van der Waals surface area contributed by atoms with Crippen LogP contribution in [0.15, 0.2) is 24.3 Å². The molecule has 0 saturated carbocycles. The molecule has 1 aromatic rings. The van der Waals surface area contributed by atoms with Crippen molar-refractivity contribution in [2.75, 3.05) is 5.32 Å². The number of hydrogen-bond donors (Lipinski definition) is 2. The van der Waals surface area contributed by atoms with Crippen LogP contribution in [0, 0.1) is 12.3 Å². The first-order chi connectivity index (χ1) is 9.26. The highest BCUT2D eigenvalue weighted by Crippen LogP contribution is 2.24. The first-order valence-corrected chi connectivity index (χ1v) is 6.59. The molecule has 0 spiro atoms. The lowest BCUT2D eigenvalue weighted by Gasteiger charge is -2.22. The Hall–Kier alpha value is -2.10. The fraction of sp³-hybridized carbons (Fsp3) is 0.375. The monoisotopic (exact) mass is 275 g/mol. The van der Waals surface area contributed by atoms with Crippen molar-refractivity contribution in [3.05, 3.63) is 35.4 Å². The summed E-state index contributed by atoms with van der Waals surface area (Å²) in [5, 5.41) is 11.5. The van der Waals surface area contributed by atoms with Crippen LogP contribution in [0.1, 0.15) is 38.3 Å². The predicted octanol–water partition coefficient (Wildman–Crippen LogP) is 3.47. The van der Waals surface area contributed by atoms with E-state index in [4.69, 9.17) is 5.11 Å². The van der Waals surface area contributed by atoms with Gasteiger partial charge in [-0.3, -0.25) is 4.79 Å². The molecule has 1 rings (SSSR count). The van der Waals surface area contributed by atoms with E-state index in [-0.39, 0.29) is 5.91 Å². The molecule has 4 nitrogen and oxygen atoms in total. The number of benzene rings is 1. The molecule has 0 saturated heterocycles. The lowest BCUT2D eigenvalue weighted by molar-refractivity contribution is -0.131. The summed E-state index contributed by atoms with van der Waals surface area (Å²) in [6, 6.07) is 5.45. The minimum atomic E-state index is -0.997. The van der Waals surface area contributed by atoms with Crippen molar-refractivity contribution in [2.45, 2.75) is 34.1 Å². The van der Waals surface area contributed by atoms with E-state index >= 15 is 0 Å². The SMILES string of the molecule is CCC(C)(C)C(=O)Nc1cc(C=CC(=O)O)ccc1C. The second-order valence-corrected chi connectivity index (χ2v) is 5.44. The molecule has 0 heterocycles. The van der Waals surface area contributed by atoms with Crippen molar-refractivity contribution in [1.82, 2.24) is 0 Å². The lowest BCUT2D eigenvalue weighted by atomic mass is 9.89. The van der Waals surface area contributed by atoms with Crippen LogP contribution in [0.4, 0.5) is 5.69 Å². The molecular formula is C16H21NO3. The Morgan fingerprint density at radius 1 is 1.35 bits per heavy atom. The summed E-state index contributed by atoms with van der Waals surface area (Å²) in [6.07, 6.45) is 3.32. The average molecular weight is 275 g/mol. The number of carboxylic acid groups (broad SMARTS) is 1. The topological polar surface area (TPSA) is 66.4 Å². The van der Waals surface area contributed by atoms with E-state index in [0.717, 1.165) is 23.6 Å². The summed E-state index contributed by atoms with van der Waals surface area (Å²) >= 11 is 0. The van der Waals surface area contributed by atoms with Crippen molar-refractivity contribution in [3.63, 3.8) is 0 Å². The summed E-state index contributed by atoms with van der Waals surface area (Å²) in [6.45, 7) is 7.66. The molecule has 0 bridgehead atoms. The minimum absolute atomic E-state index is 0.0394. The number of aryl methyl sites for hydroxylation is 1. The molecule has 20 heavy (non-hydrogen) atoms. The molecule has 0 aromatic heterocycles. The first-order valence-electron chi connectivity index (χ1n) is 6.59. The van der Waals surface area contributed by atoms with Crippen LogP contribution in [0.5, 0.6) is 0 Å². The van der Waals surface area contributed by atoms with Crippen molar-refractivity contribution in [2.24, 2.45) is 5.41 Å². The number of amides is 1. The molecule has 0 unspecified atom stereocenters. The van der Waals surface area contributed by atoms with Crippen LogP contribution in [-0.2, 0) is 9.59 Å². The quantitative estimate of drug-likeness (QED) is 0.809. The summed E-state index contributed by atoms with van der Waals surface area (Å²) in [7, 11) is 0. The average Bonchev–Trinajstić information content (AvgIpc) is 2.39. The van der Waals surface area contributed by atoms with Gasteiger partial charge in [0.25, 0.3) is 0 Å². The molecule has 0 aliphatic heterocycles. The molecule has 0 aliphatic carbocycles. The van der Waals surface area contributed by atoms with Crippen molar-refractivity contribution in [1.29, 1.82) is 0 Å². The molecule has 0 atom stereocenters. The smallest absolute Gasteiger partial charge is 0.328 e. The number of nitrogens with one attached hydrogen (secondary N) is 1. The number of anilines is 1. The number of carboxylic acids is 1. The van der Waals surface area contributed by atoms with Gasteiger partial charge in [0, 0.05) is 17.2 Å². The zero-order chi connectivity index (χ0) is 15.3. The van der Waals surface area contributed by atoms with Gasteiger partial charge in [0.15, 0.2) is 0 Å². The van der Waals surface area contributed by atoms with Gasteiger partial charge in [-0.05, 0) is 36.6 Å². The molecule has 108 valence electrons. The van der Waals surface area contributed by atoms with Crippen LogP contribution in [-0.4, -0.2) is 17.0 Å². The maximum Gasteiger partial charge on any atom is 0.328 e. The third kappa shape index (κ3) is 4.23. The minimum Gasteiger partial charge on any atom is -0.478 e. The molecule has 0 aliphatic rings. The van der Waals surface area contributed by atoms with Gasteiger partial charge in [-0.25, -0.2) is 4.79 Å². The Morgan fingerprint density at radius 2 is 2.00 bits per heavy atom. The van der Waals surface area contributed by atoms with Gasteiger partial charge in [-0.1, -0.05) is 32.9 Å². The second-order valence-electron chi connectivity index (χ2n) is 5.44. The normalized spacial score (nSPS) is 11.6. The molecule has 4 heteroatoms. The number of carbonyl (C=O) groups is 2. The number of hydrogen-bond acceptors (Lipinski definition) is 2. The standard InChI is InChI=1S/C16H21NO3/c1-5-16(3,4)15(20)17-13-10-12(7-6-11(13)2)8-9-14(18)19/h6-10H,5H2,1-4H3,(H,17,20)(H,18,19). The zero-order valence-corrected chi connectivity index (χ0v) is 12.4. The van der Waals surface area contributed by atoms with Crippen molar-refractivity contribution >= 4 is 23.6 Å². The highest BCUT2D eigenvalue weighted by atomic mass is 16.4. The van der Waals surface area contributed by atoms with E-state index in [1.54, 1.807) is 6.07 Å². The highest BCUT2D eigenvalue weighted by molar-refractivity contribution is 5.95. The van der Waals surface area contributed by atoms with Crippen LogP contribution >= 0.6 is 0 Å². The zero-order valence-electron chi connectivity index (χ0n) is 12.4. The van der Waals surface area contributed by atoms with Crippen molar-refractivity contribution < 1.29 is 14.7 Å². The summed E-state index contributed by atoms with van der Waals surface area (Å²) in [5.74, 6) is -1.04. The van der Waals surface area contributed by atoms with Gasteiger partial charge in [0.1, 0.15) is 0 Å². The van der Waals surface area contributed by atoms with Gasteiger partial charge < -0.3 is 10.4 Å². The van der Waals surface area contributed by atoms with Crippen molar-refractivity contribution in [3.8, 4) is 0 Å². The molecule has 1 amide bonds. The molecule has 2 N–H and O–H groups in total. The van der Waals surface area contributed by atoms with Crippen LogP contribution in [0.25, 0.3) is 6.08 Å². The van der Waals surface area contributed by atoms with Crippen LogP contribution < -0.4 is 5.32 Å². The fourth-order valence-corrected chi connectivity index (χ4v) is 1.50. The fourth-order valence-electron chi connectivity index (χ4n) is 1.50. The number of aliphatic carboxylic acids is 1. The Bertz CT molecular complexity index is 545. The van der Waals surface area contributed by atoms with E-state index in [1.807, 2.05) is 39.8 Å². The van der Waals surface area contributed by atoms with Gasteiger partial charge in [0.2, 0.25) is 5.91 Å². The van der Waals surface area contributed by atoms with Gasteiger partial charge in [-0.2, -0.15) is 0 Å². The van der Waals surface area contributed by atoms with E-state index in [2.05, 4.69) is 5.32 Å². The Balaban J connectivity index is 2.98. The largest absolute Gasteiger partial charge is 0.478 e. The van der Waals surface area contributed by atoms with Crippen LogP contribution in [0.2, 0.25) is 0 Å². The third-order valence-electron chi connectivity index (χ3n) is 3.43. The van der Waals surface area contributed by atoms with E-state index < -0.39 is 11.4 Å². The Kier molecular flexibility index (Phi) is 5.08. The molecule has 0 fully saturated rings. The summed E-state index contributed by atoms with van der Waals surface area (Å²) < 4.78 is 0. The van der Waals surface area contributed by atoms with Crippen LogP contribution in [0.3, 0.4) is 0 Å². The summed E-state index contributed by atoms with van der Waals surface area (Å²) in [5.41, 5.74) is 1.96. The third-order valence-corrected chi connectivity index (χ3v) is 3.43. The van der Waals surface area contributed by atoms with Gasteiger partial charge in [0.05, 0.1) is 0 Å². The van der Waals surface area contributed by atoms with Gasteiger partial charge in [-0.15, -0.1) is 0 Å². The maximum atomic E-state index is 12.2. The molecular weight excluding hydrogens is 254 g/mol. The highest BCUT2D eigenvalue weighted by Gasteiger charge is 2.25. The van der Waals surface area contributed by atoms with E-state index in [1.165, 1.54) is 6.08 Å². The summed E-state index contributed by atoms with van der Waals surface area (Å²) in [4.78, 5) is 22.7. The maximum absolute atomic E-state index is 12.2. The van der Waals surface area contributed by atoms with Gasteiger partial charge >= 0.3 is 5.97 Å². The second kappa shape index (κ2) is 6.37. The Morgan fingerprint density at radius 3 is 2.55 bits per heavy atom. The Labute approximate surface area is 119 Å². The molecule has 0 radical (unpaired) electrons. The lowest BCUT2D eigenvalue weighted by Crippen LogP contribution is -2.30. The number of carbonyl (C=O) groups excluding carboxylic acids is 1. The molecule has 1 aromatic carbocycles. The van der Waals surface area contributed by atoms with E-state index in [9.17, 15) is 9.59 Å². The predicted molar refractivity (Wildman–Crippen MR) is 80.6 cm³/mol. The number of rotatable bonds is 5.